The van der Waals surface area contributed by atoms with Crippen molar-refractivity contribution in [3.8, 4) is 0 Å². The van der Waals surface area contributed by atoms with Gasteiger partial charge in [-0.2, -0.15) is 26.3 Å². The second-order valence-corrected chi connectivity index (χ2v) is 4.27. The molecular formula is C13H9F6N. The van der Waals surface area contributed by atoms with Crippen LogP contribution in [0.4, 0.5) is 26.3 Å². The number of alkyl halides is 6. The smallest absolute Gasteiger partial charge is 0.350 e. The topological polar surface area (TPSA) is 4.93 Å². The van der Waals surface area contributed by atoms with Crippen molar-refractivity contribution in [2.75, 3.05) is 0 Å². The zero-order valence-corrected chi connectivity index (χ0v) is 10.2. The molecule has 0 unspecified atom stereocenters. The Bertz CT molecular complexity index is 644. The summed E-state index contributed by atoms with van der Waals surface area (Å²) in [6.07, 6.45) is -9.52. The van der Waals surface area contributed by atoms with Gasteiger partial charge >= 0.3 is 12.4 Å². The molecule has 0 aliphatic heterocycles. The van der Waals surface area contributed by atoms with E-state index in [-0.39, 0.29) is 11.6 Å². The van der Waals surface area contributed by atoms with Crippen molar-refractivity contribution in [2.45, 2.75) is 12.4 Å². The van der Waals surface area contributed by atoms with Crippen molar-refractivity contribution in [3.05, 3.63) is 41.6 Å². The molecule has 0 aliphatic carbocycles. The van der Waals surface area contributed by atoms with Crippen LogP contribution in [0.3, 0.4) is 0 Å². The Balaban J connectivity index is 2.67. The number of aryl methyl sites for hydroxylation is 1. The molecule has 7 heteroatoms. The second kappa shape index (κ2) is 4.57. The van der Waals surface area contributed by atoms with Gasteiger partial charge in [-0.25, -0.2) is 0 Å². The summed E-state index contributed by atoms with van der Waals surface area (Å²) >= 11 is 0. The molecule has 2 rings (SSSR count). The molecule has 0 spiro atoms. The second-order valence-electron chi connectivity index (χ2n) is 4.27. The Labute approximate surface area is 110 Å². The number of hydrogen-bond acceptors (Lipinski definition) is 0. The maximum atomic E-state index is 12.5. The Morgan fingerprint density at radius 3 is 2.10 bits per heavy atom. The minimum absolute atomic E-state index is 0.118. The Hall–Kier alpha value is -1.92. The van der Waals surface area contributed by atoms with E-state index in [9.17, 15) is 26.3 Å². The highest BCUT2D eigenvalue weighted by molar-refractivity contribution is 5.90. The number of allylic oxidation sites excluding steroid dienone is 1. The average molecular weight is 293 g/mol. The normalized spacial score (nSPS) is 12.8. The van der Waals surface area contributed by atoms with E-state index in [0.717, 1.165) is 0 Å². The molecule has 1 aromatic heterocycles. The van der Waals surface area contributed by atoms with E-state index in [1.165, 1.54) is 16.8 Å². The molecule has 20 heavy (non-hydrogen) atoms. The Morgan fingerprint density at radius 2 is 1.55 bits per heavy atom. The molecule has 0 atom stereocenters. The monoisotopic (exact) mass is 293 g/mol. The van der Waals surface area contributed by atoms with Crippen molar-refractivity contribution >= 4 is 17.0 Å². The van der Waals surface area contributed by atoms with Crippen molar-refractivity contribution in [3.63, 3.8) is 0 Å². The zero-order chi connectivity index (χ0) is 15.1. The van der Waals surface area contributed by atoms with Crippen LogP contribution in [0.5, 0.6) is 0 Å². The maximum absolute atomic E-state index is 12.5. The number of fused-ring (bicyclic) bond motifs is 1. The van der Waals surface area contributed by atoms with E-state index in [1.54, 1.807) is 25.2 Å². The molecule has 0 amide bonds. The summed E-state index contributed by atoms with van der Waals surface area (Å²) in [6.45, 7) is 0. The van der Waals surface area contributed by atoms with Crippen LogP contribution in [0.2, 0.25) is 0 Å². The van der Waals surface area contributed by atoms with E-state index in [0.29, 0.717) is 10.9 Å². The fourth-order valence-electron chi connectivity index (χ4n) is 1.97. The Kier molecular flexibility index (Phi) is 3.31. The fraction of sp³-hybridized carbons (Fsp3) is 0.231. The quantitative estimate of drug-likeness (QED) is 0.672. The van der Waals surface area contributed by atoms with E-state index < -0.39 is 17.9 Å². The first-order chi connectivity index (χ1) is 9.10. The van der Waals surface area contributed by atoms with Crippen molar-refractivity contribution in [2.24, 2.45) is 7.05 Å². The average Bonchev–Trinajstić information content (AvgIpc) is 2.61. The summed E-state index contributed by atoms with van der Waals surface area (Å²) in [6, 6.07) is 6.31. The molecule has 0 saturated carbocycles. The first-order valence-electron chi connectivity index (χ1n) is 5.51. The first kappa shape index (κ1) is 14.5. The molecular weight excluding hydrogens is 284 g/mol. The summed E-state index contributed by atoms with van der Waals surface area (Å²) in [5.41, 5.74) is -2.07. The molecule has 0 N–H and O–H groups in total. The molecule has 108 valence electrons. The predicted molar refractivity (Wildman–Crippen MR) is 63.0 cm³/mol. The van der Waals surface area contributed by atoms with Crippen molar-refractivity contribution in [1.29, 1.82) is 0 Å². The van der Waals surface area contributed by atoms with Gasteiger partial charge in [0.1, 0.15) is 5.57 Å². The molecule has 0 bridgehead atoms. The summed E-state index contributed by atoms with van der Waals surface area (Å²) in [4.78, 5) is 0. The molecule has 1 aromatic carbocycles. The summed E-state index contributed by atoms with van der Waals surface area (Å²) in [5.74, 6) is 0. The predicted octanol–water partition coefficient (Wildman–Crippen LogP) is 4.69. The zero-order valence-electron chi connectivity index (χ0n) is 10.2. The lowest BCUT2D eigenvalue weighted by atomic mass is 10.1. The van der Waals surface area contributed by atoms with Gasteiger partial charge in [-0.15, -0.1) is 0 Å². The van der Waals surface area contributed by atoms with Crippen molar-refractivity contribution in [1.82, 2.24) is 4.57 Å². The first-order valence-corrected chi connectivity index (χ1v) is 5.51. The van der Waals surface area contributed by atoms with E-state index in [2.05, 4.69) is 0 Å². The summed E-state index contributed by atoms with van der Waals surface area (Å²) in [5, 5.41) is 0.334. The molecule has 2 aromatic rings. The highest BCUT2D eigenvalue weighted by atomic mass is 19.4. The van der Waals surface area contributed by atoms with E-state index in [4.69, 9.17) is 0 Å². The number of aromatic nitrogens is 1. The lowest BCUT2D eigenvalue weighted by Crippen LogP contribution is -2.25. The Morgan fingerprint density at radius 1 is 1.00 bits per heavy atom. The van der Waals surface area contributed by atoms with Gasteiger partial charge in [0.25, 0.3) is 0 Å². The van der Waals surface area contributed by atoms with Crippen LogP contribution >= 0.6 is 0 Å². The lowest BCUT2D eigenvalue weighted by Gasteiger charge is -2.14. The third kappa shape index (κ3) is 2.66. The number of para-hydroxylation sites is 1. The SMILES string of the molecule is Cn1cc(C=C(C(F)(F)F)C(F)(F)F)c2ccccc21. The lowest BCUT2D eigenvalue weighted by molar-refractivity contribution is -0.170. The van der Waals surface area contributed by atoms with Gasteiger partial charge < -0.3 is 4.57 Å². The van der Waals surface area contributed by atoms with Crippen LogP contribution < -0.4 is 0 Å². The molecule has 0 radical (unpaired) electrons. The molecule has 0 fully saturated rings. The number of nitrogens with zero attached hydrogens (tertiary/aromatic N) is 1. The number of halogens is 6. The highest BCUT2D eigenvalue weighted by Crippen LogP contribution is 2.40. The van der Waals surface area contributed by atoms with Gasteiger partial charge in [-0.3, -0.25) is 0 Å². The van der Waals surface area contributed by atoms with Gasteiger partial charge in [0.2, 0.25) is 0 Å². The number of rotatable bonds is 1. The standard InChI is InChI=1S/C13H9F6N/c1-20-7-8(9-4-2-3-5-10(9)20)6-11(12(14,15)16)13(17,18)19/h2-7H,1H3. The fourth-order valence-corrected chi connectivity index (χ4v) is 1.97. The number of benzene rings is 1. The van der Waals surface area contributed by atoms with Crippen LogP contribution in [-0.2, 0) is 7.05 Å². The van der Waals surface area contributed by atoms with Gasteiger partial charge in [-0.05, 0) is 12.1 Å². The number of hydrogen-bond donors (Lipinski definition) is 0. The van der Waals surface area contributed by atoms with Crippen LogP contribution in [0, 0.1) is 0 Å². The van der Waals surface area contributed by atoms with Gasteiger partial charge in [-0.1, -0.05) is 18.2 Å². The van der Waals surface area contributed by atoms with E-state index in [1.807, 2.05) is 0 Å². The third-order valence-electron chi connectivity index (χ3n) is 2.84. The van der Waals surface area contributed by atoms with Gasteiger partial charge in [0.15, 0.2) is 0 Å². The highest BCUT2D eigenvalue weighted by Gasteiger charge is 2.50. The minimum Gasteiger partial charge on any atom is -0.350 e. The maximum Gasteiger partial charge on any atom is 0.421 e. The molecule has 0 aliphatic rings. The molecule has 1 nitrogen and oxygen atoms in total. The van der Waals surface area contributed by atoms with Crippen LogP contribution in [0.1, 0.15) is 5.56 Å². The summed E-state index contributed by atoms with van der Waals surface area (Å²) < 4.78 is 76.6. The van der Waals surface area contributed by atoms with Crippen LogP contribution in [-0.4, -0.2) is 16.9 Å². The van der Waals surface area contributed by atoms with Gasteiger partial charge in [0.05, 0.1) is 0 Å². The largest absolute Gasteiger partial charge is 0.421 e. The minimum atomic E-state index is -5.45. The van der Waals surface area contributed by atoms with E-state index >= 15 is 0 Å². The van der Waals surface area contributed by atoms with Crippen molar-refractivity contribution < 1.29 is 26.3 Å². The summed E-state index contributed by atoms with van der Waals surface area (Å²) in [7, 11) is 1.56. The third-order valence-corrected chi connectivity index (χ3v) is 2.84. The van der Waals surface area contributed by atoms with Crippen LogP contribution in [0.15, 0.2) is 36.0 Å². The molecule has 0 saturated heterocycles. The van der Waals surface area contributed by atoms with Crippen LogP contribution in [0.25, 0.3) is 17.0 Å². The van der Waals surface area contributed by atoms with Gasteiger partial charge in [0, 0.05) is 29.7 Å². The molecule has 1 heterocycles.